The van der Waals surface area contributed by atoms with Crippen LogP contribution in [0.5, 0.6) is 0 Å². The number of piperazine rings is 1. The predicted molar refractivity (Wildman–Crippen MR) is 115 cm³/mol. The predicted octanol–water partition coefficient (Wildman–Crippen LogP) is 3.01. The van der Waals surface area contributed by atoms with E-state index < -0.39 is 0 Å². The van der Waals surface area contributed by atoms with E-state index in [-0.39, 0.29) is 36.1 Å². The molecule has 0 bridgehead atoms. The molecule has 1 amide bonds. The molecule has 0 spiro atoms. The summed E-state index contributed by atoms with van der Waals surface area (Å²) in [6.07, 6.45) is 0.898. The van der Waals surface area contributed by atoms with E-state index in [1.165, 1.54) is 22.3 Å². The van der Waals surface area contributed by atoms with Crippen LogP contribution in [0.15, 0.2) is 12.1 Å². The van der Waals surface area contributed by atoms with Gasteiger partial charge < -0.3 is 10.6 Å². The molecule has 2 rings (SSSR count). The van der Waals surface area contributed by atoms with Crippen LogP contribution in [0, 0.1) is 13.8 Å². The number of halogens is 2. The molecule has 1 aliphatic rings. The van der Waals surface area contributed by atoms with E-state index in [1.54, 1.807) is 0 Å². The van der Waals surface area contributed by atoms with Gasteiger partial charge in [-0.2, -0.15) is 0 Å². The Kier molecular flexibility index (Phi) is 10.8. The van der Waals surface area contributed by atoms with E-state index >= 15 is 0 Å². The SMILES string of the molecule is Cc1cc(C(C)(C)C)cc(C)c1CCNC(=O)CN1CCNCC1.Cl.Cl. The molecule has 1 aliphatic heterocycles. The average Bonchev–Trinajstić information content (AvgIpc) is 2.50. The lowest BCUT2D eigenvalue weighted by Crippen LogP contribution is -2.47. The summed E-state index contributed by atoms with van der Waals surface area (Å²) >= 11 is 0. The van der Waals surface area contributed by atoms with E-state index in [9.17, 15) is 4.79 Å². The summed E-state index contributed by atoms with van der Waals surface area (Å²) < 4.78 is 0. The fraction of sp³-hybridized carbons (Fsp3) is 0.650. The number of rotatable bonds is 5. The van der Waals surface area contributed by atoms with Gasteiger partial charge in [-0.3, -0.25) is 9.69 Å². The second-order valence-electron chi connectivity index (χ2n) is 7.96. The fourth-order valence-electron chi connectivity index (χ4n) is 3.28. The third-order valence-electron chi connectivity index (χ3n) is 4.84. The molecule has 0 aliphatic carbocycles. The second kappa shape index (κ2) is 11.1. The first-order chi connectivity index (χ1) is 11.3. The molecule has 0 unspecified atom stereocenters. The van der Waals surface area contributed by atoms with Crippen molar-refractivity contribution in [2.45, 2.75) is 46.5 Å². The molecule has 1 fully saturated rings. The first-order valence-corrected chi connectivity index (χ1v) is 9.08. The maximum atomic E-state index is 12.1. The zero-order valence-electron chi connectivity index (χ0n) is 16.8. The number of carbonyl (C=O) groups excluding carboxylic acids is 1. The molecule has 4 nitrogen and oxygen atoms in total. The molecule has 1 saturated heterocycles. The fourth-order valence-corrected chi connectivity index (χ4v) is 3.28. The summed E-state index contributed by atoms with van der Waals surface area (Å²) in [5, 5.41) is 6.38. The normalized spacial score (nSPS) is 15.0. The lowest BCUT2D eigenvalue weighted by molar-refractivity contribution is -0.122. The van der Waals surface area contributed by atoms with Crippen LogP contribution in [0.25, 0.3) is 0 Å². The molecular formula is C20H35Cl2N3O. The van der Waals surface area contributed by atoms with Gasteiger partial charge >= 0.3 is 0 Å². The molecule has 1 aromatic rings. The van der Waals surface area contributed by atoms with E-state index in [0.29, 0.717) is 13.1 Å². The standard InChI is InChI=1S/C20H33N3O.2ClH/c1-15-12-17(20(3,4)5)13-16(2)18(15)6-7-22-19(24)14-23-10-8-21-9-11-23;;/h12-13,21H,6-11,14H2,1-5H3,(H,22,24);2*1H. The Hall–Kier alpha value is -0.810. The number of aryl methyl sites for hydroxylation is 2. The highest BCUT2D eigenvalue weighted by molar-refractivity contribution is 5.85. The number of amides is 1. The highest BCUT2D eigenvalue weighted by atomic mass is 35.5. The molecule has 0 atom stereocenters. The van der Waals surface area contributed by atoms with Crippen molar-refractivity contribution in [2.24, 2.45) is 0 Å². The summed E-state index contributed by atoms with van der Waals surface area (Å²) in [7, 11) is 0. The van der Waals surface area contributed by atoms with Crippen LogP contribution in [0.2, 0.25) is 0 Å². The Labute approximate surface area is 171 Å². The van der Waals surface area contributed by atoms with E-state index in [2.05, 4.69) is 62.3 Å². The highest BCUT2D eigenvalue weighted by Crippen LogP contribution is 2.27. The van der Waals surface area contributed by atoms with Crippen LogP contribution in [-0.4, -0.2) is 50.1 Å². The zero-order chi connectivity index (χ0) is 17.7. The maximum Gasteiger partial charge on any atom is 0.234 e. The molecule has 2 N–H and O–H groups in total. The third kappa shape index (κ3) is 7.43. The van der Waals surface area contributed by atoms with Gasteiger partial charge in [0.1, 0.15) is 0 Å². The molecule has 26 heavy (non-hydrogen) atoms. The average molecular weight is 404 g/mol. The number of hydrogen-bond donors (Lipinski definition) is 2. The second-order valence-corrected chi connectivity index (χ2v) is 7.96. The molecule has 0 saturated carbocycles. The quantitative estimate of drug-likeness (QED) is 0.793. The van der Waals surface area contributed by atoms with Crippen molar-refractivity contribution in [3.05, 3.63) is 34.4 Å². The number of nitrogens with zero attached hydrogens (tertiary/aromatic N) is 1. The molecule has 150 valence electrons. The lowest BCUT2D eigenvalue weighted by atomic mass is 9.83. The Morgan fingerprint density at radius 1 is 1.12 bits per heavy atom. The Bertz CT molecular complexity index is 556. The van der Waals surface area contributed by atoms with Crippen LogP contribution in [0.1, 0.15) is 43.0 Å². The van der Waals surface area contributed by atoms with Gasteiger partial charge in [-0.25, -0.2) is 0 Å². The Morgan fingerprint density at radius 3 is 2.15 bits per heavy atom. The minimum Gasteiger partial charge on any atom is -0.355 e. The van der Waals surface area contributed by atoms with Crippen molar-refractivity contribution in [2.75, 3.05) is 39.3 Å². The van der Waals surface area contributed by atoms with Gasteiger partial charge in [-0.1, -0.05) is 32.9 Å². The summed E-state index contributed by atoms with van der Waals surface area (Å²) in [6, 6.07) is 4.59. The Balaban J connectivity index is 0.00000312. The molecule has 0 radical (unpaired) electrons. The monoisotopic (exact) mass is 403 g/mol. The summed E-state index contributed by atoms with van der Waals surface area (Å²) in [5.41, 5.74) is 5.58. The van der Waals surface area contributed by atoms with Gasteiger partial charge in [0.05, 0.1) is 6.54 Å². The van der Waals surface area contributed by atoms with Gasteiger partial charge in [0.25, 0.3) is 0 Å². The smallest absolute Gasteiger partial charge is 0.234 e. The minimum atomic E-state index is 0. The number of carbonyl (C=O) groups is 1. The first kappa shape index (κ1) is 25.2. The summed E-state index contributed by atoms with van der Waals surface area (Å²) in [4.78, 5) is 14.3. The van der Waals surface area contributed by atoms with Gasteiger partial charge in [-0.15, -0.1) is 24.8 Å². The van der Waals surface area contributed by atoms with E-state index in [0.717, 1.165) is 32.6 Å². The molecule has 6 heteroatoms. The lowest BCUT2D eigenvalue weighted by Gasteiger charge is -2.26. The topological polar surface area (TPSA) is 44.4 Å². The van der Waals surface area contributed by atoms with E-state index in [1.807, 2.05) is 0 Å². The number of hydrogen-bond acceptors (Lipinski definition) is 3. The molecule has 1 heterocycles. The molecular weight excluding hydrogens is 369 g/mol. The van der Waals surface area contributed by atoms with Crippen molar-refractivity contribution in [1.82, 2.24) is 15.5 Å². The highest BCUT2D eigenvalue weighted by Gasteiger charge is 2.17. The van der Waals surface area contributed by atoms with Crippen molar-refractivity contribution < 1.29 is 4.79 Å². The van der Waals surface area contributed by atoms with Crippen LogP contribution in [0.3, 0.4) is 0 Å². The number of benzene rings is 1. The molecule has 0 aromatic heterocycles. The van der Waals surface area contributed by atoms with Crippen LogP contribution >= 0.6 is 24.8 Å². The van der Waals surface area contributed by atoms with Gasteiger partial charge in [0.15, 0.2) is 0 Å². The molecule has 1 aromatic carbocycles. The van der Waals surface area contributed by atoms with Gasteiger partial charge in [0, 0.05) is 32.7 Å². The van der Waals surface area contributed by atoms with Crippen molar-refractivity contribution in [1.29, 1.82) is 0 Å². The van der Waals surface area contributed by atoms with Crippen molar-refractivity contribution >= 4 is 30.7 Å². The third-order valence-corrected chi connectivity index (χ3v) is 4.84. The van der Waals surface area contributed by atoms with Crippen LogP contribution in [-0.2, 0) is 16.6 Å². The summed E-state index contributed by atoms with van der Waals surface area (Å²) in [6.45, 7) is 16.2. The van der Waals surface area contributed by atoms with Gasteiger partial charge in [0.2, 0.25) is 5.91 Å². The minimum absolute atomic E-state index is 0. The van der Waals surface area contributed by atoms with Gasteiger partial charge in [-0.05, 0) is 47.9 Å². The van der Waals surface area contributed by atoms with Crippen molar-refractivity contribution in [3.8, 4) is 0 Å². The van der Waals surface area contributed by atoms with E-state index in [4.69, 9.17) is 0 Å². The first-order valence-electron chi connectivity index (χ1n) is 9.08. The Morgan fingerprint density at radius 2 is 1.65 bits per heavy atom. The summed E-state index contributed by atoms with van der Waals surface area (Å²) in [5.74, 6) is 0.138. The van der Waals surface area contributed by atoms with Crippen molar-refractivity contribution in [3.63, 3.8) is 0 Å². The van der Waals surface area contributed by atoms with Crippen LogP contribution in [0.4, 0.5) is 0 Å². The zero-order valence-corrected chi connectivity index (χ0v) is 18.4. The van der Waals surface area contributed by atoms with Crippen LogP contribution < -0.4 is 10.6 Å². The maximum absolute atomic E-state index is 12.1. The number of nitrogens with one attached hydrogen (secondary N) is 2. The largest absolute Gasteiger partial charge is 0.355 e.